The lowest BCUT2D eigenvalue weighted by Crippen LogP contribution is -2.14. The maximum Gasteiger partial charge on any atom is 0.323 e. The van der Waals surface area contributed by atoms with Gasteiger partial charge in [0.1, 0.15) is 0 Å². The second-order valence-corrected chi connectivity index (χ2v) is 5.96. The van der Waals surface area contributed by atoms with Crippen LogP contribution >= 0.6 is 11.8 Å². The zero-order chi connectivity index (χ0) is 15.5. The van der Waals surface area contributed by atoms with Crippen LogP contribution in [0.2, 0.25) is 0 Å². The topological polar surface area (TPSA) is 77.8 Å². The van der Waals surface area contributed by atoms with Gasteiger partial charge in [-0.25, -0.2) is 4.79 Å². The van der Waals surface area contributed by atoms with E-state index in [0.717, 1.165) is 16.0 Å². The Balaban J connectivity index is 1.65. The standard InChI is InChI=1S/C16H15N3O2S/c1-10-4-2-3-5-14(10)22-9-15(20)17-11-6-7-12-13(8-11)19-16(21)18-12/h2-8H,9H2,1H3,(H,17,20)(H2,18,19,21). The number of carbonyl (C=O) groups is 1. The van der Waals surface area contributed by atoms with Gasteiger partial charge < -0.3 is 15.3 Å². The number of imidazole rings is 1. The minimum atomic E-state index is -0.256. The van der Waals surface area contributed by atoms with E-state index >= 15 is 0 Å². The fourth-order valence-corrected chi connectivity index (χ4v) is 3.00. The quantitative estimate of drug-likeness (QED) is 0.648. The average molecular weight is 313 g/mol. The van der Waals surface area contributed by atoms with E-state index in [1.54, 1.807) is 18.2 Å². The summed E-state index contributed by atoms with van der Waals surface area (Å²) in [4.78, 5) is 29.7. The molecule has 0 aliphatic rings. The molecule has 1 amide bonds. The number of aromatic nitrogens is 2. The van der Waals surface area contributed by atoms with Crippen LogP contribution in [0.15, 0.2) is 52.2 Å². The van der Waals surface area contributed by atoms with E-state index in [4.69, 9.17) is 0 Å². The second kappa shape index (κ2) is 6.11. The Bertz CT molecular complexity index is 882. The number of amides is 1. The highest BCUT2D eigenvalue weighted by Crippen LogP contribution is 2.22. The molecule has 0 unspecified atom stereocenters. The van der Waals surface area contributed by atoms with Gasteiger partial charge >= 0.3 is 5.69 Å². The number of nitrogens with one attached hydrogen (secondary N) is 3. The first-order chi connectivity index (χ1) is 10.6. The maximum atomic E-state index is 12.0. The SMILES string of the molecule is Cc1ccccc1SCC(=O)Nc1ccc2[nH]c(=O)[nH]c2c1. The molecule has 0 aliphatic carbocycles. The largest absolute Gasteiger partial charge is 0.325 e. The summed E-state index contributed by atoms with van der Waals surface area (Å²) in [6, 6.07) is 13.2. The van der Waals surface area contributed by atoms with Crippen molar-refractivity contribution >= 4 is 34.4 Å². The van der Waals surface area contributed by atoms with Gasteiger partial charge in [0.2, 0.25) is 5.91 Å². The highest BCUT2D eigenvalue weighted by Gasteiger charge is 2.06. The molecule has 3 aromatic rings. The first kappa shape index (κ1) is 14.5. The smallest absolute Gasteiger partial charge is 0.323 e. The zero-order valence-corrected chi connectivity index (χ0v) is 12.8. The lowest BCUT2D eigenvalue weighted by molar-refractivity contribution is -0.113. The Kier molecular flexibility index (Phi) is 4.02. The number of rotatable bonds is 4. The Hall–Kier alpha value is -2.47. The van der Waals surface area contributed by atoms with Crippen LogP contribution in [0.4, 0.5) is 5.69 Å². The first-order valence-corrected chi connectivity index (χ1v) is 7.81. The fourth-order valence-electron chi connectivity index (χ4n) is 2.17. The van der Waals surface area contributed by atoms with Gasteiger partial charge in [-0.1, -0.05) is 18.2 Å². The molecular weight excluding hydrogens is 298 g/mol. The van der Waals surface area contributed by atoms with Crippen molar-refractivity contribution in [1.29, 1.82) is 0 Å². The number of hydrogen-bond acceptors (Lipinski definition) is 3. The molecule has 5 nitrogen and oxygen atoms in total. The number of anilines is 1. The third-order valence-corrected chi connectivity index (χ3v) is 4.43. The summed E-state index contributed by atoms with van der Waals surface area (Å²) in [6.45, 7) is 2.02. The summed E-state index contributed by atoms with van der Waals surface area (Å²) in [7, 11) is 0. The van der Waals surface area contributed by atoms with Crippen LogP contribution in [0.3, 0.4) is 0 Å². The Labute approximate surface area is 131 Å². The summed E-state index contributed by atoms with van der Waals surface area (Å²) in [5.41, 5.74) is 2.96. The van der Waals surface area contributed by atoms with Gasteiger partial charge in [-0.2, -0.15) is 0 Å². The van der Waals surface area contributed by atoms with Gasteiger partial charge in [-0.15, -0.1) is 11.8 Å². The molecule has 0 spiro atoms. The van der Waals surface area contributed by atoms with Gasteiger partial charge in [-0.05, 0) is 36.8 Å². The Morgan fingerprint density at radius 1 is 1.14 bits per heavy atom. The number of H-pyrrole nitrogens is 2. The van der Waals surface area contributed by atoms with E-state index < -0.39 is 0 Å². The zero-order valence-electron chi connectivity index (χ0n) is 12.0. The van der Waals surface area contributed by atoms with E-state index in [9.17, 15) is 9.59 Å². The number of hydrogen-bond donors (Lipinski definition) is 3. The normalized spacial score (nSPS) is 10.8. The van der Waals surface area contributed by atoms with Crippen molar-refractivity contribution in [2.24, 2.45) is 0 Å². The number of thioether (sulfide) groups is 1. The van der Waals surface area contributed by atoms with Gasteiger partial charge in [-0.3, -0.25) is 4.79 Å². The van der Waals surface area contributed by atoms with Crippen molar-refractivity contribution in [1.82, 2.24) is 9.97 Å². The van der Waals surface area contributed by atoms with E-state index in [1.807, 2.05) is 31.2 Å². The van der Waals surface area contributed by atoms with Gasteiger partial charge in [0.25, 0.3) is 0 Å². The third-order valence-electron chi connectivity index (χ3n) is 3.25. The Morgan fingerprint density at radius 3 is 2.73 bits per heavy atom. The highest BCUT2D eigenvalue weighted by atomic mass is 32.2. The van der Waals surface area contributed by atoms with E-state index in [0.29, 0.717) is 17.0 Å². The molecule has 0 aliphatic heterocycles. The monoisotopic (exact) mass is 313 g/mol. The summed E-state index contributed by atoms with van der Waals surface area (Å²) < 4.78 is 0. The highest BCUT2D eigenvalue weighted by molar-refractivity contribution is 8.00. The van der Waals surface area contributed by atoms with Crippen molar-refractivity contribution in [2.45, 2.75) is 11.8 Å². The summed E-state index contributed by atoms with van der Waals surface area (Å²) in [5.74, 6) is 0.262. The minimum Gasteiger partial charge on any atom is -0.325 e. The average Bonchev–Trinajstić information content (AvgIpc) is 2.86. The summed E-state index contributed by atoms with van der Waals surface area (Å²) in [6.07, 6.45) is 0. The third kappa shape index (κ3) is 3.23. The molecule has 0 fully saturated rings. The van der Waals surface area contributed by atoms with Crippen LogP contribution in [-0.2, 0) is 4.79 Å². The number of fused-ring (bicyclic) bond motifs is 1. The van der Waals surface area contributed by atoms with Crippen LogP contribution in [0, 0.1) is 6.92 Å². The lowest BCUT2D eigenvalue weighted by Gasteiger charge is -2.07. The molecular formula is C16H15N3O2S. The molecule has 1 aromatic heterocycles. The van der Waals surface area contributed by atoms with Crippen LogP contribution in [0.5, 0.6) is 0 Å². The molecule has 0 saturated heterocycles. The van der Waals surface area contributed by atoms with E-state index in [1.165, 1.54) is 11.8 Å². The lowest BCUT2D eigenvalue weighted by atomic mass is 10.2. The molecule has 0 atom stereocenters. The predicted octanol–water partition coefficient (Wildman–Crippen LogP) is 2.90. The van der Waals surface area contributed by atoms with E-state index in [2.05, 4.69) is 15.3 Å². The van der Waals surface area contributed by atoms with Crippen LogP contribution in [0.25, 0.3) is 11.0 Å². The van der Waals surface area contributed by atoms with E-state index in [-0.39, 0.29) is 11.6 Å². The number of carbonyl (C=O) groups excluding carboxylic acids is 1. The van der Waals surface area contributed by atoms with Crippen LogP contribution in [-0.4, -0.2) is 21.6 Å². The molecule has 3 N–H and O–H groups in total. The molecule has 6 heteroatoms. The second-order valence-electron chi connectivity index (χ2n) is 4.94. The first-order valence-electron chi connectivity index (χ1n) is 6.82. The number of aromatic amines is 2. The molecule has 0 saturated carbocycles. The molecule has 0 bridgehead atoms. The van der Waals surface area contributed by atoms with Gasteiger partial charge in [0, 0.05) is 10.6 Å². The van der Waals surface area contributed by atoms with Crippen molar-refractivity contribution < 1.29 is 4.79 Å². The molecule has 112 valence electrons. The predicted molar refractivity (Wildman–Crippen MR) is 89.5 cm³/mol. The molecule has 2 aromatic carbocycles. The fraction of sp³-hybridized carbons (Fsp3) is 0.125. The van der Waals surface area contributed by atoms with Gasteiger partial charge in [0.05, 0.1) is 16.8 Å². The van der Waals surface area contributed by atoms with Gasteiger partial charge in [0.15, 0.2) is 0 Å². The molecule has 3 rings (SSSR count). The summed E-state index contributed by atoms with van der Waals surface area (Å²) in [5, 5.41) is 2.84. The number of aryl methyl sites for hydroxylation is 1. The molecule has 22 heavy (non-hydrogen) atoms. The Morgan fingerprint density at radius 2 is 1.91 bits per heavy atom. The van der Waals surface area contributed by atoms with Crippen molar-refractivity contribution in [3.05, 3.63) is 58.5 Å². The minimum absolute atomic E-state index is 0.0783. The maximum absolute atomic E-state index is 12.0. The summed E-state index contributed by atoms with van der Waals surface area (Å²) >= 11 is 1.51. The molecule has 0 radical (unpaired) electrons. The van der Waals surface area contributed by atoms with Crippen molar-refractivity contribution in [2.75, 3.05) is 11.1 Å². The van der Waals surface area contributed by atoms with Crippen LogP contribution < -0.4 is 11.0 Å². The number of benzene rings is 2. The van der Waals surface area contributed by atoms with Crippen molar-refractivity contribution in [3.8, 4) is 0 Å². The van der Waals surface area contributed by atoms with Crippen molar-refractivity contribution in [3.63, 3.8) is 0 Å². The van der Waals surface area contributed by atoms with Crippen LogP contribution in [0.1, 0.15) is 5.56 Å². The molecule has 1 heterocycles.